The molecule has 1 heterocycles. The van der Waals surface area contributed by atoms with Crippen LogP contribution in [-0.4, -0.2) is 60.1 Å². The summed E-state index contributed by atoms with van der Waals surface area (Å²) in [6.07, 6.45) is 1.02. The number of carbonyl (C=O) groups excluding carboxylic acids is 1. The second-order valence-corrected chi connectivity index (χ2v) is 3.49. The van der Waals surface area contributed by atoms with E-state index < -0.39 is 0 Å². The van der Waals surface area contributed by atoms with Gasteiger partial charge >= 0.3 is 0 Å². The molecule has 0 aromatic rings. The summed E-state index contributed by atoms with van der Waals surface area (Å²) in [5, 5.41) is 9.09. The van der Waals surface area contributed by atoms with Gasteiger partial charge in [0, 0.05) is 20.1 Å². The maximum Gasteiger partial charge on any atom is 0.242 e. The molecule has 0 saturated carbocycles. The van der Waals surface area contributed by atoms with Crippen molar-refractivity contribution in [3.8, 4) is 0 Å². The number of aliphatic hydroxyl groups excluding tert-OH is 1. The van der Waals surface area contributed by atoms with Gasteiger partial charge < -0.3 is 10.0 Å². The molecule has 1 aliphatic rings. The average molecular weight is 186 g/mol. The van der Waals surface area contributed by atoms with Crippen LogP contribution in [0, 0.1) is 0 Å². The number of hydrogen-bond donors (Lipinski definition) is 1. The Balaban J connectivity index is 2.60. The van der Waals surface area contributed by atoms with Crippen LogP contribution in [0.1, 0.15) is 13.3 Å². The Hall–Kier alpha value is -0.610. The lowest BCUT2D eigenvalue weighted by Gasteiger charge is -2.38. The highest BCUT2D eigenvalue weighted by atomic mass is 16.3. The van der Waals surface area contributed by atoms with E-state index in [2.05, 4.69) is 11.8 Å². The summed E-state index contributed by atoms with van der Waals surface area (Å²) in [7, 11) is 1.79. The van der Waals surface area contributed by atoms with Crippen LogP contribution in [0.4, 0.5) is 0 Å². The first-order valence-corrected chi connectivity index (χ1v) is 4.80. The molecule has 1 unspecified atom stereocenters. The SMILES string of the molecule is CCCN1CCN(C)C(=O)C1CO. The monoisotopic (exact) mass is 186 g/mol. The molecular formula is C9H18N2O2. The fourth-order valence-electron chi connectivity index (χ4n) is 1.70. The molecule has 0 spiro atoms. The molecule has 0 bridgehead atoms. The van der Waals surface area contributed by atoms with Gasteiger partial charge in [-0.2, -0.15) is 0 Å². The van der Waals surface area contributed by atoms with Gasteiger partial charge in [-0.15, -0.1) is 0 Å². The summed E-state index contributed by atoms with van der Waals surface area (Å²) in [5.74, 6) is 0.0437. The van der Waals surface area contributed by atoms with Gasteiger partial charge in [-0.1, -0.05) is 6.92 Å². The molecule has 1 amide bonds. The Morgan fingerprint density at radius 1 is 1.54 bits per heavy atom. The topological polar surface area (TPSA) is 43.8 Å². The van der Waals surface area contributed by atoms with Crippen molar-refractivity contribution in [1.29, 1.82) is 0 Å². The van der Waals surface area contributed by atoms with E-state index in [1.807, 2.05) is 0 Å². The molecule has 1 rings (SSSR count). The summed E-state index contributed by atoms with van der Waals surface area (Å²) in [6, 6.07) is -0.307. The van der Waals surface area contributed by atoms with E-state index >= 15 is 0 Å². The summed E-state index contributed by atoms with van der Waals surface area (Å²) >= 11 is 0. The van der Waals surface area contributed by atoms with E-state index in [4.69, 9.17) is 5.11 Å². The third kappa shape index (κ3) is 2.19. The standard InChI is InChI=1S/C9H18N2O2/c1-3-4-11-6-5-10(2)9(13)8(11)7-12/h8,12H,3-7H2,1-2H3. The molecule has 0 radical (unpaired) electrons. The number of amides is 1. The minimum atomic E-state index is -0.307. The van der Waals surface area contributed by atoms with Gasteiger partial charge in [0.1, 0.15) is 6.04 Å². The lowest BCUT2D eigenvalue weighted by molar-refractivity contribution is -0.141. The summed E-state index contributed by atoms with van der Waals surface area (Å²) < 4.78 is 0. The largest absolute Gasteiger partial charge is 0.394 e. The molecule has 1 saturated heterocycles. The first kappa shape index (κ1) is 10.5. The summed E-state index contributed by atoms with van der Waals surface area (Å²) in [5.41, 5.74) is 0. The second-order valence-electron chi connectivity index (χ2n) is 3.49. The summed E-state index contributed by atoms with van der Waals surface area (Å²) in [6.45, 7) is 4.56. The van der Waals surface area contributed by atoms with Crippen molar-refractivity contribution in [2.75, 3.05) is 33.3 Å². The average Bonchev–Trinajstić information content (AvgIpc) is 2.12. The molecule has 76 valence electrons. The molecule has 0 aromatic carbocycles. The zero-order valence-corrected chi connectivity index (χ0v) is 8.36. The zero-order chi connectivity index (χ0) is 9.84. The second kappa shape index (κ2) is 4.58. The van der Waals surface area contributed by atoms with Crippen LogP contribution in [0.5, 0.6) is 0 Å². The van der Waals surface area contributed by atoms with Crippen molar-refractivity contribution >= 4 is 5.91 Å². The van der Waals surface area contributed by atoms with Crippen LogP contribution in [-0.2, 0) is 4.79 Å². The van der Waals surface area contributed by atoms with E-state index in [-0.39, 0.29) is 18.6 Å². The van der Waals surface area contributed by atoms with E-state index in [0.29, 0.717) is 0 Å². The van der Waals surface area contributed by atoms with Gasteiger partial charge in [-0.3, -0.25) is 9.69 Å². The predicted octanol–water partition coefficient (Wildman–Crippen LogP) is -0.469. The van der Waals surface area contributed by atoms with Gasteiger partial charge in [0.25, 0.3) is 0 Å². The van der Waals surface area contributed by atoms with Crippen molar-refractivity contribution in [1.82, 2.24) is 9.80 Å². The third-order valence-corrected chi connectivity index (χ3v) is 2.51. The van der Waals surface area contributed by atoms with Crippen molar-refractivity contribution in [3.05, 3.63) is 0 Å². The van der Waals surface area contributed by atoms with Gasteiger partial charge in [-0.25, -0.2) is 0 Å². The van der Waals surface area contributed by atoms with Crippen molar-refractivity contribution in [2.24, 2.45) is 0 Å². The van der Waals surface area contributed by atoms with Gasteiger partial charge in [0.15, 0.2) is 0 Å². The van der Waals surface area contributed by atoms with Gasteiger partial charge in [0.2, 0.25) is 5.91 Å². The van der Waals surface area contributed by atoms with Crippen LogP contribution in [0.3, 0.4) is 0 Å². The minimum Gasteiger partial charge on any atom is -0.394 e. The fourth-order valence-corrected chi connectivity index (χ4v) is 1.70. The quantitative estimate of drug-likeness (QED) is 0.648. The number of carbonyl (C=O) groups is 1. The molecule has 1 fully saturated rings. The number of rotatable bonds is 3. The van der Waals surface area contributed by atoms with E-state index in [0.717, 1.165) is 26.1 Å². The van der Waals surface area contributed by atoms with Crippen LogP contribution in [0.15, 0.2) is 0 Å². The number of piperazine rings is 1. The highest BCUT2D eigenvalue weighted by Crippen LogP contribution is 2.09. The molecule has 1 aliphatic heterocycles. The van der Waals surface area contributed by atoms with Crippen LogP contribution in [0.2, 0.25) is 0 Å². The maximum atomic E-state index is 11.6. The minimum absolute atomic E-state index is 0.0437. The Morgan fingerprint density at radius 3 is 2.77 bits per heavy atom. The molecular weight excluding hydrogens is 168 g/mol. The number of hydrogen-bond acceptors (Lipinski definition) is 3. The lowest BCUT2D eigenvalue weighted by atomic mass is 10.1. The van der Waals surface area contributed by atoms with E-state index in [1.54, 1.807) is 11.9 Å². The van der Waals surface area contributed by atoms with Crippen molar-refractivity contribution in [3.63, 3.8) is 0 Å². The molecule has 1 N–H and O–H groups in total. The molecule has 0 aliphatic carbocycles. The fraction of sp³-hybridized carbons (Fsp3) is 0.889. The highest BCUT2D eigenvalue weighted by molar-refractivity contribution is 5.82. The number of nitrogens with zero attached hydrogens (tertiary/aromatic N) is 2. The van der Waals surface area contributed by atoms with E-state index in [9.17, 15) is 4.79 Å². The van der Waals surface area contributed by atoms with E-state index in [1.165, 1.54) is 0 Å². The van der Waals surface area contributed by atoms with Crippen LogP contribution >= 0.6 is 0 Å². The first-order valence-electron chi connectivity index (χ1n) is 4.80. The Kier molecular flexibility index (Phi) is 3.69. The Labute approximate surface area is 79.1 Å². The molecule has 0 aromatic heterocycles. The lowest BCUT2D eigenvalue weighted by Crippen LogP contribution is -2.57. The first-order chi connectivity index (χ1) is 6.20. The highest BCUT2D eigenvalue weighted by Gasteiger charge is 2.31. The summed E-state index contributed by atoms with van der Waals surface area (Å²) in [4.78, 5) is 15.3. The van der Waals surface area contributed by atoms with Gasteiger partial charge in [-0.05, 0) is 13.0 Å². The molecule has 4 nitrogen and oxygen atoms in total. The molecule has 13 heavy (non-hydrogen) atoms. The third-order valence-electron chi connectivity index (χ3n) is 2.51. The van der Waals surface area contributed by atoms with Gasteiger partial charge in [0.05, 0.1) is 6.61 Å². The number of aliphatic hydroxyl groups is 1. The van der Waals surface area contributed by atoms with Crippen molar-refractivity contribution < 1.29 is 9.90 Å². The maximum absolute atomic E-state index is 11.6. The van der Waals surface area contributed by atoms with Crippen LogP contribution < -0.4 is 0 Å². The smallest absolute Gasteiger partial charge is 0.242 e. The Bertz CT molecular complexity index is 184. The normalized spacial score (nSPS) is 25.3. The number of likely N-dealkylation sites (N-methyl/N-ethyl adjacent to an activating group) is 1. The Morgan fingerprint density at radius 2 is 2.23 bits per heavy atom. The predicted molar refractivity (Wildman–Crippen MR) is 50.4 cm³/mol. The van der Waals surface area contributed by atoms with Crippen molar-refractivity contribution in [2.45, 2.75) is 19.4 Å². The zero-order valence-electron chi connectivity index (χ0n) is 8.36. The van der Waals surface area contributed by atoms with Crippen LogP contribution in [0.25, 0.3) is 0 Å². The molecule has 4 heteroatoms. The molecule has 1 atom stereocenters.